The molecular formula is C18H20N2O5S. The zero-order valence-corrected chi connectivity index (χ0v) is 15.3. The highest BCUT2D eigenvalue weighted by Gasteiger charge is 2.22. The molecule has 1 aliphatic heterocycles. The topological polar surface area (TPSA) is 93.7 Å². The lowest BCUT2D eigenvalue weighted by Gasteiger charge is -2.14. The summed E-state index contributed by atoms with van der Waals surface area (Å²) >= 11 is 0. The molecule has 1 amide bonds. The Kier molecular flexibility index (Phi) is 5.03. The van der Waals surface area contributed by atoms with Crippen LogP contribution in [0.1, 0.15) is 12.5 Å². The summed E-state index contributed by atoms with van der Waals surface area (Å²) in [6.07, 6.45) is 0. The molecular weight excluding hydrogens is 356 g/mol. The van der Waals surface area contributed by atoms with Crippen LogP contribution >= 0.6 is 0 Å². The van der Waals surface area contributed by atoms with E-state index in [9.17, 15) is 13.2 Å². The molecule has 0 radical (unpaired) electrons. The number of anilines is 2. The average molecular weight is 376 g/mol. The van der Waals surface area contributed by atoms with E-state index < -0.39 is 21.8 Å². The predicted octanol–water partition coefficient (Wildman–Crippen LogP) is 2.74. The molecule has 0 saturated heterocycles. The molecule has 1 aliphatic rings. The van der Waals surface area contributed by atoms with Crippen LogP contribution in [0.4, 0.5) is 11.4 Å². The van der Waals surface area contributed by atoms with Crippen molar-refractivity contribution in [1.82, 2.24) is 0 Å². The van der Waals surface area contributed by atoms with Crippen LogP contribution in [0, 0.1) is 12.8 Å². The van der Waals surface area contributed by atoms with Gasteiger partial charge in [0.15, 0.2) is 11.5 Å². The molecule has 0 aliphatic carbocycles. The summed E-state index contributed by atoms with van der Waals surface area (Å²) in [5, 5.41) is 2.70. The standard InChI is InChI=1S/C18H20N2O5S/c1-12-3-5-14(6-4-12)20-26(22,23)10-13(2)18(21)19-15-7-8-16-17(9-15)25-11-24-16/h3-9,13,20H,10-11H2,1-2H3,(H,19,21). The number of sulfonamides is 1. The molecule has 0 fully saturated rings. The van der Waals surface area contributed by atoms with Gasteiger partial charge in [0.2, 0.25) is 22.7 Å². The van der Waals surface area contributed by atoms with Crippen molar-refractivity contribution in [3.8, 4) is 11.5 Å². The third-order valence-electron chi connectivity index (χ3n) is 3.88. The Balaban J connectivity index is 1.60. The maximum Gasteiger partial charge on any atom is 0.233 e. The smallest absolute Gasteiger partial charge is 0.233 e. The SMILES string of the molecule is Cc1ccc(NS(=O)(=O)CC(C)C(=O)Nc2ccc3c(c2)OCO3)cc1. The summed E-state index contributed by atoms with van der Waals surface area (Å²) in [7, 11) is -3.65. The van der Waals surface area contributed by atoms with Crippen LogP contribution in [0.15, 0.2) is 42.5 Å². The van der Waals surface area contributed by atoms with Gasteiger partial charge in [-0.15, -0.1) is 0 Å². The van der Waals surface area contributed by atoms with Crippen LogP contribution in [0.25, 0.3) is 0 Å². The van der Waals surface area contributed by atoms with Crippen LogP contribution in [0.5, 0.6) is 11.5 Å². The van der Waals surface area contributed by atoms with Crippen LogP contribution < -0.4 is 19.5 Å². The maximum absolute atomic E-state index is 12.3. The van der Waals surface area contributed by atoms with Gasteiger partial charge in [0.05, 0.1) is 11.7 Å². The molecule has 2 aromatic rings. The summed E-state index contributed by atoms with van der Waals surface area (Å²) in [5.74, 6) is -0.288. The Labute approximate surface area is 152 Å². The monoisotopic (exact) mass is 376 g/mol. The fourth-order valence-electron chi connectivity index (χ4n) is 2.49. The third-order valence-corrected chi connectivity index (χ3v) is 5.37. The third kappa shape index (κ3) is 4.45. The van der Waals surface area contributed by atoms with Gasteiger partial charge in [-0.25, -0.2) is 8.42 Å². The van der Waals surface area contributed by atoms with E-state index in [4.69, 9.17) is 9.47 Å². The first kappa shape index (κ1) is 18.1. The van der Waals surface area contributed by atoms with Gasteiger partial charge in [0.1, 0.15) is 0 Å². The lowest BCUT2D eigenvalue weighted by atomic mass is 10.2. The number of rotatable bonds is 6. The highest BCUT2D eigenvalue weighted by Crippen LogP contribution is 2.34. The number of benzene rings is 2. The number of amides is 1. The molecule has 0 bridgehead atoms. The highest BCUT2D eigenvalue weighted by atomic mass is 32.2. The van der Waals surface area contributed by atoms with Crippen molar-refractivity contribution in [1.29, 1.82) is 0 Å². The van der Waals surface area contributed by atoms with Gasteiger partial charge >= 0.3 is 0 Å². The van der Waals surface area contributed by atoms with Crippen molar-refractivity contribution < 1.29 is 22.7 Å². The molecule has 0 spiro atoms. The highest BCUT2D eigenvalue weighted by molar-refractivity contribution is 7.92. The van der Waals surface area contributed by atoms with Crippen LogP contribution in [-0.2, 0) is 14.8 Å². The van der Waals surface area contributed by atoms with Gasteiger partial charge in [-0.05, 0) is 31.2 Å². The van der Waals surface area contributed by atoms with Gasteiger partial charge in [-0.2, -0.15) is 0 Å². The lowest BCUT2D eigenvalue weighted by molar-refractivity contribution is -0.118. The molecule has 138 valence electrons. The van der Waals surface area contributed by atoms with E-state index in [-0.39, 0.29) is 12.5 Å². The second kappa shape index (κ2) is 7.25. The maximum atomic E-state index is 12.3. The molecule has 26 heavy (non-hydrogen) atoms. The Morgan fingerprint density at radius 2 is 1.73 bits per heavy atom. The van der Waals surface area contributed by atoms with Gasteiger partial charge < -0.3 is 14.8 Å². The Morgan fingerprint density at radius 1 is 1.08 bits per heavy atom. The Bertz CT molecular complexity index is 910. The fraction of sp³-hybridized carbons (Fsp3) is 0.278. The minimum atomic E-state index is -3.65. The van der Waals surface area contributed by atoms with E-state index >= 15 is 0 Å². The quantitative estimate of drug-likeness (QED) is 0.808. The molecule has 1 atom stereocenters. The minimum absolute atomic E-state index is 0.145. The number of carbonyl (C=O) groups excluding carboxylic acids is 1. The van der Waals surface area contributed by atoms with Crippen molar-refractivity contribution in [2.45, 2.75) is 13.8 Å². The minimum Gasteiger partial charge on any atom is -0.454 e. The number of ether oxygens (including phenoxy) is 2. The molecule has 8 heteroatoms. The summed E-state index contributed by atoms with van der Waals surface area (Å²) < 4.78 is 37.5. The van der Waals surface area contributed by atoms with Gasteiger partial charge in [0, 0.05) is 17.4 Å². The van der Waals surface area contributed by atoms with Crippen LogP contribution in [0.3, 0.4) is 0 Å². The molecule has 7 nitrogen and oxygen atoms in total. The van der Waals surface area contributed by atoms with Crippen molar-refractivity contribution in [2.75, 3.05) is 22.6 Å². The first-order valence-corrected chi connectivity index (χ1v) is 9.75. The van der Waals surface area contributed by atoms with Crippen molar-refractivity contribution in [2.24, 2.45) is 5.92 Å². The number of hydrogen-bond donors (Lipinski definition) is 2. The molecule has 1 unspecified atom stereocenters. The number of nitrogens with one attached hydrogen (secondary N) is 2. The number of hydrogen-bond acceptors (Lipinski definition) is 5. The van der Waals surface area contributed by atoms with E-state index in [2.05, 4.69) is 10.0 Å². The molecule has 3 rings (SSSR count). The first-order valence-electron chi connectivity index (χ1n) is 8.10. The van der Waals surface area contributed by atoms with E-state index in [1.54, 1.807) is 37.3 Å². The number of carbonyl (C=O) groups is 1. The Hall–Kier alpha value is -2.74. The van der Waals surface area contributed by atoms with Crippen molar-refractivity contribution in [3.05, 3.63) is 48.0 Å². The normalized spacial score (nSPS) is 13.9. The Morgan fingerprint density at radius 3 is 2.46 bits per heavy atom. The molecule has 2 N–H and O–H groups in total. The predicted molar refractivity (Wildman–Crippen MR) is 98.9 cm³/mol. The second-order valence-electron chi connectivity index (χ2n) is 6.21. The van der Waals surface area contributed by atoms with E-state index in [0.717, 1.165) is 5.56 Å². The first-order chi connectivity index (χ1) is 12.3. The second-order valence-corrected chi connectivity index (χ2v) is 7.97. The zero-order chi connectivity index (χ0) is 18.7. The number of fused-ring (bicyclic) bond motifs is 1. The number of aryl methyl sites for hydroxylation is 1. The summed E-state index contributed by atoms with van der Waals surface area (Å²) in [6.45, 7) is 3.63. The molecule has 2 aromatic carbocycles. The molecule has 0 aromatic heterocycles. The molecule has 0 saturated carbocycles. The van der Waals surface area contributed by atoms with Gasteiger partial charge in [0.25, 0.3) is 0 Å². The van der Waals surface area contributed by atoms with Crippen molar-refractivity contribution >= 4 is 27.3 Å². The van der Waals surface area contributed by atoms with Gasteiger partial charge in [-0.3, -0.25) is 9.52 Å². The van der Waals surface area contributed by atoms with Crippen LogP contribution in [-0.4, -0.2) is 26.9 Å². The fourth-order valence-corrected chi connectivity index (χ4v) is 3.88. The van der Waals surface area contributed by atoms with Crippen molar-refractivity contribution in [3.63, 3.8) is 0 Å². The molecule has 1 heterocycles. The average Bonchev–Trinajstić information content (AvgIpc) is 3.04. The lowest BCUT2D eigenvalue weighted by Crippen LogP contribution is -2.29. The zero-order valence-electron chi connectivity index (χ0n) is 14.5. The van der Waals surface area contributed by atoms with Gasteiger partial charge in [-0.1, -0.05) is 24.6 Å². The van der Waals surface area contributed by atoms with Crippen LogP contribution in [0.2, 0.25) is 0 Å². The largest absolute Gasteiger partial charge is 0.454 e. The van der Waals surface area contributed by atoms with E-state index in [0.29, 0.717) is 22.9 Å². The summed E-state index contributed by atoms with van der Waals surface area (Å²) in [6, 6.07) is 12.0. The summed E-state index contributed by atoms with van der Waals surface area (Å²) in [4.78, 5) is 12.3. The van der Waals surface area contributed by atoms with E-state index in [1.165, 1.54) is 0 Å². The van der Waals surface area contributed by atoms with E-state index in [1.807, 2.05) is 19.1 Å². The summed E-state index contributed by atoms with van der Waals surface area (Å²) in [5.41, 5.74) is 2.03.